The van der Waals surface area contributed by atoms with Gasteiger partial charge in [0.2, 0.25) is 16.9 Å². The summed E-state index contributed by atoms with van der Waals surface area (Å²) in [5, 5.41) is 19.5. The number of aryl methyl sites for hydroxylation is 1. The van der Waals surface area contributed by atoms with Crippen LogP contribution in [0.25, 0.3) is 17.0 Å². The summed E-state index contributed by atoms with van der Waals surface area (Å²) in [7, 11) is 0. The molecule has 0 aromatic carbocycles. The van der Waals surface area contributed by atoms with Crippen LogP contribution in [-0.2, 0) is 4.79 Å². The lowest BCUT2D eigenvalue weighted by molar-refractivity contribution is -0.113. The Balaban J connectivity index is 1.50. The fraction of sp³-hybridized carbons (Fsp3) is 0.125. The maximum Gasteiger partial charge on any atom is 0.237 e. The normalized spacial score (nSPS) is 11.0. The Hall–Kier alpha value is -3.27. The molecule has 4 heterocycles. The fourth-order valence-corrected chi connectivity index (χ4v) is 2.92. The molecule has 0 saturated heterocycles. The summed E-state index contributed by atoms with van der Waals surface area (Å²) in [6, 6.07) is 10.9. The third kappa shape index (κ3) is 3.40. The summed E-state index contributed by atoms with van der Waals surface area (Å²) in [6.07, 6.45) is 1.71. The zero-order valence-electron chi connectivity index (χ0n) is 13.7. The molecule has 1 N–H and O–H groups in total. The van der Waals surface area contributed by atoms with Gasteiger partial charge in [-0.2, -0.15) is 9.61 Å². The van der Waals surface area contributed by atoms with E-state index in [-0.39, 0.29) is 11.7 Å². The Bertz CT molecular complexity index is 1060. The van der Waals surface area contributed by atoms with Gasteiger partial charge in [-0.05, 0) is 31.2 Å². The van der Waals surface area contributed by atoms with E-state index in [9.17, 15) is 4.79 Å². The molecule has 130 valence electrons. The lowest BCUT2D eigenvalue weighted by atomic mass is 10.2. The zero-order chi connectivity index (χ0) is 17.9. The smallest absolute Gasteiger partial charge is 0.237 e. The van der Waals surface area contributed by atoms with Crippen molar-refractivity contribution >= 4 is 29.2 Å². The molecule has 0 saturated carbocycles. The van der Waals surface area contributed by atoms with Crippen molar-refractivity contribution in [3.05, 3.63) is 48.3 Å². The highest BCUT2D eigenvalue weighted by molar-refractivity contribution is 7.99. The number of thioether (sulfide) groups is 1. The molecule has 0 spiro atoms. The molecule has 0 aliphatic heterocycles. The number of fused-ring (bicyclic) bond motifs is 1. The number of nitrogens with zero attached hydrogens (tertiary/aromatic N) is 6. The first-order valence-electron chi connectivity index (χ1n) is 7.69. The Morgan fingerprint density at radius 3 is 2.92 bits per heavy atom. The fourth-order valence-electron chi connectivity index (χ4n) is 2.24. The summed E-state index contributed by atoms with van der Waals surface area (Å²) in [6.45, 7) is 1.78. The van der Waals surface area contributed by atoms with Crippen molar-refractivity contribution in [2.45, 2.75) is 12.1 Å². The minimum absolute atomic E-state index is 0.135. The molecule has 0 aliphatic rings. The quantitative estimate of drug-likeness (QED) is 0.535. The van der Waals surface area contributed by atoms with E-state index in [1.165, 1.54) is 11.8 Å². The number of rotatable bonds is 5. The van der Waals surface area contributed by atoms with Crippen LogP contribution in [0.15, 0.2) is 52.3 Å². The number of aromatic nitrogens is 6. The topological polar surface area (TPSA) is 111 Å². The molecule has 0 unspecified atom stereocenters. The van der Waals surface area contributed by atoms with Crippen LogP contribution in [0.3, 0.4) is 0 Å². The monoisotopic (exact) mass is 367 g/mol. The third-order valence-corrected chi connectivity index (χ3v) is 4.30. The van der Waals surface area contributed by atoms with Crippen LogP contribution >= 0.6 is 11.8 Å². The van der Waals surface area contributed by atoms with Crippen LogP contribution in [0, 0.1) is 6.92 Å². The molecule has 4 rings (SSSR count). The Labute approximate surface area is 151 Å². The van der Waals surface area contributed by atoms with Crippen LogP contribution in [0.1, 0.15) is 5.69 Å². The second-order valence-corrected chi connectivity index (χ2v) is 6.30. The third-order valence-electron chi connectivity index (χ3n) is 3.38. The minimum Gasteiger partial charge on any atom is -0.338 e. The van der Waals surface area contributed by atoms with E-state index in [4.69, 9.17) is 4.52 Å². The second kappa shape index (κ2) is 6.92. The molecule has 10 heteroatoms. The number of hydrogen-bond acceptors (Lipinski definition) is 8. The van der Waals surface area contributed by atoms with Crippen LogP contribution in [0.2, 0.25) is 0 Å². The van der Waals surface area contributed by atoms with Gasteiger partial charge in [0.05, 0.1) is 17.1 Å². The van der Waals surface area contributed by atoms with Crippen LogP contribution in [0.4, 0.5) is 5.88 Å². The average molecular weight is 367 g/mol. The first-order valence-corrected chi connectivity index (χ1v) is 8.67. The van der Waals surface area contributed by atoms with Gasteiger partial charge >= 0.3 is 0 Å². The number of pyridine rings is 1. The van der Waals surface area contributed by atoms with Crippen molar-refractivity contribution in [2.24, 2.45) is 0 Å². The SMILES string of the molecule is Cc1cc(NC(=O)CSc2nnc3ccc(-c4ccccn4)nn23)on1. The number of carbonyl (C=O) groups excluding carboxylic acids is 1. The molecule has 0 bridgehead atoms. The van der Waals surface area contributed by atoms with E-state index in [1.54, 1.807) is 23.7 Å². The molecule has 0 fully saturated rings. The maximum absolute atomic E-state index is 12.0. The number of nitrogens with one attached hydrogen (secondary N) is 1. The minimum atomic E-state index is -0.233. The summed E-state index contributed by atoms with van der Waals surface area (Å²) in [4.78, 5) is 16.3. The zero-order valence-corrected chi connectivity index (χ0v) is 14.5. The number of carbonyl (C=O) groups is 1. The van der Waals surface area contributed by atoms with Gasteiger partial charge in [0, 0.05) is 12.3 Å². The van der Waals surface area contributed by atoms with E-state index in [1.807, 2.05) is 30.3 Å². The van der Waals surface area contributed by atoms with Crippen molar-refractivity contribution in [1.29, 1.82) is 0 Å². The predicted octanol–water partition coefficient (Wildman–Crippen LogP) is 2.21. The summed E-state index contributed by atoms with van der Waals surface area (Å²) < 4.78 is 6.56. The highest BCUT2D eigenvalue weighted by Gasteiger charge is 2.13. The molecule has 0 radical (unpaired) electrons. The molecule has 4 aromatic heterocycles. The predicted molar refractivity (Wildman–Crippen MR) is 94.6 cm³/mol. The second-order valence-electron chi connectivity index (χ2n) is 5.36. The summed E-state index contributed by atoms with van der Waals surface area (Å²) in [5.74, 6) is 0.217. The Morgan fingerprint density at radius 2 is 2.15 bits per heavy atom. The Morgan fingerprint density at radius 1 is 1.23 bits per heavy atom. The number of amides is 1. The standard InChI is InChI=1S/C16H13N7O2S/c1-10-8-15(25-22-10)18-14(24)9-26-16-20-19-13-6-5-12(21-23(13)16)11-4-2-3-7-17-11/h2-8H,9H2,1H3,(H,18,24). The first kappa shape index (κ1) is 16.2. The lowest BCUT2D eigenvalue weighted by Crippen LogP contribution is -2.13. The Kier molecular flexibility index (Phi) is 4.32. The van der Waals surface area contributed by atoms with Crippen molar-refractivity contribution in [2.75, 3.05) is 11.1 Å². The van der Waals surface area contributed by atoms with Crippen molar-refractivity contribution in [1.82, 2.24) is 30.0 Å². The van der Waals surface area contributed by atoms with Crippen LogP contribution in [0.5, 0.6) is 0 Å². The number of anilines is 1. The first-order chi connectivity index (χ1) is 12.7. The largest absolute Gasteiger partial charge is 0.338 e. The summed E-state index contributed by atoms with van der Waals surface area (Å²) >= 11 is 1.23. The molecule has 1 amide bonds. The van der Waals surface area contributed by atoms with E-state index in [2.05, 4.69) is 30.8 Å². The van der Waals surface area contributed by atoms with Crippen molar-refractivity contribution < 1.29 is 9.32 Å². The van der Waals surface area contributed by atoms with Gasteiger partial charge in [0.1, 0.15) is 5.69 Å². The van der Waals surface area contributed by atoms with Gasteiger partial charge in [0.15, 0.2) is 5.65 Å². The van der Waals surface area contributed by atoms with Gasteiger partial charge in [-0.3, -0.25) is 15.1 Å². The van der Waals surface area contributed by atoms with Crippen LogP contribution < -0.4 is 5.32 Å². The van der Waals surface area contributed by atoms with Gasteiger partial charge < -0.3 is 4.52 Å². The van der Waals surface area contributed by atoms with Gasteiger partial charge in [0.25, 0.3) is 0 Å². The van der Waals surface area contributed by atoms with Gasteiger partial charge in [-0.1, -0.05) is 23.0 Å². The molecular weight excluding hydrogens is 354 g/mol. The molecule has 0 aliphatic carbocycles. The lowest BCUT2D eigenvalue weighted by Gasteiger charge is -2.02. The van der Waals surface area contributed by atoms with E-state index < -0.39 is 0 Å². The van der Waals surface area contributed by atoms with E-state index in [0.717, 1.165) is 5.69 Å². The average Bonchev–Trinajstić information content (AvgIpc) is 3.26. The van der Waals surface area contributed by atoms with E-state index in [0.29, 0.717) is 28.1 Å². The van der Waals surface area contributed by atoms with Gasteiger partial charge in [-0.15, -0.1) is 10.2 Å². The number of hydrogen-bond donors (Lipinski definition) is 1. The molecule has 0 atom stereocenters. The molecule has 4 aromatic rings. The van der Waals surface area contributed by atoms with Crippen LogP contribution in [-0.4, -0.2) is 41.6 Å². The van der Waals surface area contributed by atoms with Crippen molar-refractivity contribution in [3.8, 4) is 11.4 Å². The van der Waals surface area contributed by atoms with Crippen molar-refractivity contribution in [3.63, 3.8) is 0 Å². The highest BCUT2D eigenvalue weighted by Crippen LogP contribution is 2.19. The maximum atomic E-state index is 12.0. The van der Waals surface area contributed by atoms with E-state index >= 15 is 0 Å². The molecular formula is C16H13N7O2S. The molecule has 9 nitrogen and oxygen atoms in total. The van der Waals surface area contributed by atoms with Gasteiger partial charge in [-0.25, -0.2) is 0 Å². The highest BCUT2D eigenvalue weighted by atomic mass is 32.2. The summed E-state index contributed by atoms with van der Waals surface area (Å²) in [5.41, 5.74) is 2.74. The molecule has 26 heavy (non-hydrogen) atoms.